The highest BCUT2D eigenvalue weighted by molar-refractivity contribution is 6.30. The summed E-state index contributed by atoms with van der Waals surface area (Å²) in [6, 6.07) is 7.19. The fraction of sp³-hybridized carbons (Fsp3) is 0.467. The Kier molecular flexibility index (Phi) is 6.17. The van der Waals surface area contributed by atoms with Crippen molar-refractivity contribution in [2.24, 2.45) is 5.92 Å². The Hall–Kier alpha value is -1.39. The molecule has 5 heteroatoms. The van der Waals surface area contributed by atoms with Gasteiger partial charge in [0.25, 0.3) is 5.97 Å². The number of carboxylic acid groups (broad SMARTS) is 1. The molecule has 1 fully saturated rings. The molecule has 1 aliphatic rings. The number of benzene rings is 1. The van der Waals surface area contributed by atoms with Crippen LogP contribution in [0.15, 0.2) is 24.3 Å². The molecule has 0 bridgehead atoms. The number of hydrogen-bond acceptors (Lipinski definition) is 3. The number of hydrogen-bond donors (Lipinski definition) is 1. The van der Waals surface area contributed by atoms with Crippen LogP contribution in [0.2, 0.25) is 5.02 Å². The predicted octanol–water partition coefficient (Wildman–Crippen LogP) is 2.95. The van der Waals surface area contributed by atoms with Crippen molar-refractivity contribution >= 4 is 23.4 Å². The summed E-state index contributed by atoms with van der Waals surface area (Å²) in [5.74, 6) is -0.183. The highest BCUT2D eigenvalue weighted by Crippen LogP contribution is 2.25. The summed E-state index contributed by atoms with van der Waals surface area (Å²) in [7, 11) is 2.02. The third-order valence-corrected chi connectivity index (χ3v) is 3.60. The zero-order valence-electron chi connectivity index (χ0n) is 12.0. The molecule has 0 radical (unpaired) electrons. The third-order valence-electron chi connectivity index (χ3n) is 3.35. The zero-order chi connectivity index (χ0) is 15.3. The molecule has 0 amide bonds. The molecule has 1 aromatic rings. The van der Waals surface area contributed by atoms with Gasteiger partial charge in [-0.1, -0.05) is 18.5 Å². The number of likely N-dealkylation sites (N-methyl/N-ethyl adjacent to an activating group) is 1. The first-order chi connectivity index (χ1) is 9.32. The first kappa shape index (κ1) is 16.7. The van der Waals surface area contributed by atoms with Gasteiger partial charge in [-0.05, 0) is 50.2 Å². The Morgan fingerprint density at radius 3 is 2.20 bits per heavy atom. The predicted molar refractivity (Wildman–Crippen MR) is 79.3 cm³/mol. The fourth-order valence-electron chi connectivity index (χ4n) is 2.38. The molecule has 1 N–H and O–H groups in total. The Labute approximate surface area is 124 Å². The van der Waals surface area contributed by atoms with Crippen molar-refractivity contribution in [3.63, 3.8) is 0 Å². The van der Waals surface area contributed by atoms with Gasteiger partial charge in [0.2, 0.25) is 0 Å². The van der Waals surface area contributed by atoms with Crippen LogP contribution in [-0.2, 0) is 4.79 Å². The fourth-order valence-corrected chi connectivity index (χ4v) is 2.51. The summed E-state index contributed by atoms with van der Waals surface area (Å²) in [6.45, 7) is 4.23. The molecular formula is C15H20ClNO3. The monoisotopic (exact) mass is 297 g/mol. The van der Waals surface area contributed by atoms with Crippen molar-refractivity contribution < 1.29 is 14.7 Å². The maximum absolute atomic E-state index is 12.3. The van der Waals surface area contributed by atoms with Crippen LogP contribution in [-0.4, -0.2) is 41.4 Å². The minimum atomic E-state index is -0.833. The van der Waals surface area contributed by atoms with Gasteiger partial charge >= 0.3 is 0 Å². The van der Waals surface area contributed by atoms with Crippen LogP contribution in [0.25, 0.3) is 0 Å². The molecule has 0 saturated carbocycles. The molecule has 1 aromatic carbocycles. The number of aliphatic carboxylic acids is 1. The zero-order valence-corrected chi connectivity index (χ0v) is 12.7. The van der Waals surface area contributed by atoms with E-state index < -0.39 is 5.97 Å². The van der Waals surface area contributed by atoms with Gasteiger partial charge in [-0.2, -0.15) is 0 Å². The number of ketones is 1. The molecule has 2 rings (SSSR count). The quantitative estimate of drug-likeness (QED) is 0.853. The van der Waals surface area contributed by atoms with Crippen molar-refractivity contribution in [1.29, 1.82) is 0 Å². The molecule has 1 heterocycles. The molecular weight excluding hydrogens is 278 g/mol. The van der Waals surface area contributed by atoms with Gasteiger partial charge in [0.15, 0.2) is 5.78 Å². The lowest BCUT2D eigenvalue weighted by molar-refractivity contribution is -0.134. The number of Topliss-reactive ketones (excluding diaryl/α,β-unsaturated/α-hetero) is 1. The lowest BCUT2D eigenvalue weighted by atomic mass is 9.95. The van der Waals surface area contributed by atoms with Gasteiger partial charge in [-0.15, -0.1) is 0 Å². The van der Waals surface area contributed by atoms with Crippen molar-refractivity contribution in [2.45, 2.75) is 26.3 Å². The van der Waals surface area contributed by atoms with Crippen LogP contribution in [0.1, 0.15) is 30.6 Å². The number of likely N-dealkylation sites (tertiary alicyclic amines) is 1. The van der Waals surface area contributed by atoms with Gasteiger partial charge in [0, 0.05) is 17.5 Å². The lowest BCUT2D eigenvalue weighted by Gasteiger charge is -2.21. The van der Waals surface area contributed by atoms with E-state index >= 15 is 0 Å². The maximum atomic E-state index is 12.3. The van der Waals surface area contributed by atoms with Gasteiger partial charge in [-0.25, -0.2) is 0 Å². The lowest BCUT2D eigenvalue weighted by Crippen LogP contribution is -2.36. The largest absolute Gasteiger partial charge is 0.481 e. The van der Waals surface area contributed by atoms with E-state index in [0.717, 1.165) is 25.5 Å². The molecule has 2 unspecified atom stereocenters. The third kappa shape index (κ3) is 4.62. The summed E-state index contributed by atoms with van der Waals surface area (Å²) in [5, 5.41) is 8.09. The minimum absolute atomic E-state index is 0.0289. The van der Waals surface area contributed by atoms with Gasteiger partial charge in [-0.3, -0.25) is 14.5 Å². The van der Waals surface area contributed by atoms with Crippen LogP contribution in [0, 0.1) is 5.92 Å². The number of carbonyl (C=O) groups is 2. The second kappa shape index (κ2) is 7.41. The van der Waals surface area contributed by atoms with Crippen molar-refractivity contribution in [3.8, 4) is 0 Å². The summed E-state index contributed by atoms with van der Waals surface area (Å²) in [4.78, 5) is 23.4. The second-order valence-corrected chi connectivity index (χ2v) is 5.52. The normalized spacial score (nSPS) is 22.0. The van der Waals surface area contributed by atoms with E-state index in [1.54, 1.807) is 12.1 Å². The van der Waals surface area contributed by atoms with E-state index in [2.05, 4.69) is 11.8 Å². The topological polar surface area (TPSA) is 57.6 Å². The summed E-state index contributed by atoms with van der Waals surface area (Å²) in [5.41, 5.74) is 0.759. The molecule has 20 heavy (non-hydrogen) atoms. The van der Waals surface area contributed by atoms with E-state index in [1.165, 1.54) is 0 Å². The van der Waals surface area contributed by atoms with Crippen molar-refractivity contribution in [1.82, 2.24) is 4.90 Å². The maximum Gasteiger partial charge on any atom is 0.300 e. The van der Waals surface area contributed by atoms with Crippen LogP contribution >= 0.6 is 11.6 Å². The SMILES string of the molecule is CC(=O)O.CC1CCN(C)C1C(=O)c1ccc(Cl)cc1. The number of carbonyl (C=O) groups excluding carboxylic acids is 1. The Bertz CT molecular complexity index is 459. The Balaban J connectivity index is 0.000000444. The molecule has 0 aromatic heterocycles. The van der Waals surface area contributed by atoms with Gasteiger partial charge < -0.3 is 5.11 Å². The molecule has 0 spiro atoms. The van der Waals surface area contributed by atoms with Crippen molar-refractivity contribution in [3.05, 3.63) is 34.9 Å². The average molecular weight is 298 g/mol. The molecule has 0 aliphatic carbocycles. The highest BCUT2D eigenvalue weighted by Gasteiger charge is 2.34. The molecule has 1 aliphatic heterocycles. The smallest absolute Gasteiger partial charge is 0.300 e. The second-order valence-electron chi connectivity index (χ2n) is 5.08. The van der Waals surface area contributed by atoms with Crippen LogP contribution < -0.4 is 0 Å². The highest BCUT2D eigenvalue weighted by atomic mass is 35.5. The summed E-state index contributed by atoms with van der Waals surface area (Å²) >= 11 is 5.81. The summed E-state index contributed by atoms with van der Waals surface area (Å²) < 4.78 is 0. The van der Waals surface area contributed by atoms with E-state index in [-0.39, 0.29) is 11.8 Å². The first-order valence-electron chi connectivity index (χ1n) is 6.52. The standard InChI is InChI=1S/C13H16ClNO.C2H4O2/c1-9-7-8-15(2)12(9)13(16)10-3-5-11(14)6-4-10;1-2(3)4/h3-6,9,12H,7-8H2,1-2H3;1H3,(H,3,4). The molecule has 1 saturated heterocycles. The van der Waals surface area contributed by atoms with E-state index in [9.17, 15) is 4.79 Å². The molecule has 2 atom stereocenters. The number of rotatable bonds is 2. The van der Waals surface area contributed by atoms with Gasteiger partial charge in [0.05, 0.1) is 6.04 Å². The Morgan fingerprint density at radius 2 is 1.80 bits per heavy atom. The van der Waals surface area contributed by atoms with Crippen LogP contribution in [0.4, 0.5) is 0 Å². The summed E-state index contributed by atoms with van der Waals surface area (Å²) in [6.07, 6.45) is 1.10. The Morgan fingerprint density at radius 1 is 1.30 bits per heavy atom. The van der Waals surface area contributed by atoms with E-state index in [0.29, 0.717) is 10.9 Å². The van der Waals surface area contributed by atoms with Crippen LogP contribution in [0.3, 0.4) is 0 Å². The van der Waals surface area contributed by atoms with E-state index in [1.807, 2.05) is 19.2 Å². The molecule has 4 nitrogen and oxygen atoms in total. The number of halogens is 1. The van der Waals surface area contributed by atoms with Gasteiger partial charge in [0.1, 0.15) is 0 Å². The van der Waals surface area contributed by atoms with Crippen LogP contribution in [0.5, 0.6) is 0 Å². The van der Waals surface area contributed by atoms with Crippen molar-refractivity contribution in [2.75, 3.05) is 13.6 Å². The minimum Gasteiger partial charge on any atom is -0.481 e. The number of carboxylic acids is 1. The molecule has 110 valence electrons. The number of nitrogens with zero attached hydrogens (tertiary/aromatic N) is 1. The average Bonchev–Trinajstić information content (AvgIpc) is 2.68. The first-order valence-corrected chi connectivity index (χ1v) is 6.90. The van der Waals surface area contributed by atoms with E-state index in [4.69, 9.17) is 21.5 Å².